The first-order chi connectivity index (χ1) is 13.5. The first-order valence-corrected chi connectivity index (χ1v) is 10.6. The standard InChI is InChI=1S/C22H18BrNO3S/c1-13-10-11-28-18(13)12-24-20(14-6-8-15(23)9-7-14)19(22(26)27)16-4-2-3-5-17(16)21(24)25/h2-11,19-20H,12H2,1H3,(H,26,27). The highest BCUT2D eigenvalue weighted by atomic mass is 79.9. The van der Waals surface area contributed by atoms with E-state index < -0.39 is 17.9 Å². The van der Waals surface area contributed by atoms with E-state index in [1.54, 1.807) is 40.5 Å². The quantitative estimate of drug-likeness (QED) is 0.573. The number of hydrogen-bond acceptors (Lipinski definition) is 3. The molecule has 142 valence electrons. The summed E-state index contributed by atoms with van der Waals surface area (Å²) >= 11 is 5.02. The third kappa shape index (κ3) is 3.27. The minimum absolute atomic E-state index is 0.131. The van der Waals surface area contributed by atoms with E-state index >= 15 is 0 Å². The minimum atomic E-state index is -0.930. The van der Waals surface area contributed by atoms with Gasteiger partial charge in [-0.3, -0.25) is 9.59 Å². The number of carboxylic acids is 1. The molecule has 28 heavy (non-hydrogen) atoms. The zero-order valence-electron chi connectivity index (χ0n) is 15.1. The molecule has 0 fully saturated rings. The normalized spacial score (nSPS) is 18.8. The predicted molar refractivity (Wildman–Crippen MR) is 113 cm³/mol. The van der Waals surface area contributed by atoms with Gasteiger partial charge >= 0.3 is 5.97 Å². The van der Waals surface area contributed by atoms with Gasteiger partial charge in [-0.15, -0.1) is 11.3 Å². The average Bonchev–Trinajstić information content (AvgIpc) is 3.09. The molecule has 1 aromatic heterocycles. The van der Waals surface area contributed by atoms with Crippen LogP contribution in [-0.2, 0) is 11.3 Å². The van der Waals surface area contributed by atoms with E-state index in [2.05, 4.69) is 15.9 Å². The highest BCUT2D eigenvalue weighted by Gasteiger charge is 2.44. The van der Waals surface area contributed by atoms with Crippen molar-refractivity contribution in [1.29, 1.82) is 0 Å². The summed E-state index contributed by atoms with van der Waals surface area (Å²) in [5.74, 6) is -1.88. The molecule has 0 spiro atoms. The number of fused-ring (bicyclic) bond motifs is 1. The van der Waals surface area contributed by atoms with Gasteiger partial charge in [0.2, 0.25) is 0 Å². The Hall–Kier alpha value is -2.44. The Kier molecular flexibility index (Phi) is 5.08. The summed E-state index contributed by atoms with van der Waals surface area (Å²) in [7, 11) is 0. The van der Waals surface area contributed by atoms with Crippen LogP contribution in [0.3, 0.4) is 0 Å². The lowest BCUT2D eigenvalue weighted by atomic mass is 9.79. The SMILES string of the molecule is Cc1ccsc1CN1C(=O)c2ccccc2C(C(=O)O)C1c1ccc(Br)cc1. The molecule has 3 aromatic rings. The molecule has 1 amide bonds. The van der Waals surface area contributed by atoms with Crippen LogP contribution in [0.1, 0.15) is 43.9 Å². The molecule has 4 nitrogen and oxygen atoms in total. The molecule has 2 heterocycles. The zero-order valence-corrected chi connectivity index (χ0v) is 17.5. The summed E-state index contributed by atoms with van der Waals surface area (Å²) in [4.78, 5) is 28.5. The van der Waals surface area contributed by atoms with E-state index in [-0.39, 0.29) is 5.91 Å². The van der Waals surface area contributed by atoms with Gasteiger partial charge in [-0.05, 0) is 53.3 Å². The second-order valence-electron chi connectivity index (χ2n) is 6.86. The van der Waals surface area contributed by atoms with Crippen LogP contribution in [0.2, 0.25) is 0 Å². The van der Waals surface area contributed by atoms with Crippen molar-refractivity contribution in [3.8, 4) is 0 Å². The minimum Gasteiger partial charge on any atom is -0.481 e. The van der Waals surface area contributed by atoms with Crippen molar-refractivity contribution in [3.05, 3.63) is 91.6 Å². The van der Waals surface area contributed by atoms with Gasteiger partial charge in [-0.2, -0.15) is 0 Å². The fourth-order valence-corrected chi connectivity index (χ4v) is 4.95. The Balaban J connectivity index is 1.89. The number of amides is 1. The van der Waals surface area contributed by atoms with Crippen LogP contribution in [0.5, 0.6) is 0 Å². The number of aliphatic carboxylic acids is 1. The van der Waals surface area contributed by atoms with Crippen molar-refractivity contribution in [3.63, 3.8) is 0 Å². The highest BCUT2D eigenvalue weighted by molar-refractivity contribution is 9.10. The summed E-state index contributed by atoms with van der Waals surface area (Å²) in [6.45, 7) is 2.40. The van der Waals surface area contributed by atoms with E-state index in [1.807, 2.05) is 42.6 Å². The van der Waals surface area contributed by atoms with Gasteiger partial charge in [-0.25, -0.2) is 0 Å². The molecule has 0 aliphatic carbocycles. The number of carboxylic acid groups (broad SMARTS) is 1. The molecule has 6 heteroatoms. The number of nitrogens with zero attached hydrogens (tertiary/aromatic N) is 1. The number of carbonyl (C=O) groups excluding carboxylic acids is 1. The molecule has 0 bridgehead atoms. The largest absolute Gasteiger partial charge is 0.481 e. The zero-order chi connectivity index (χ0) is 19.8. The predicted octanol–water partition coefficient (Wildman–Crippen LogP) is 5.38. The molecule has 0 radical (unpaired) electrons. The maximum atomic E-state index is 13.4. The molecule has 1 N–H and O–H groups in total. The molecule has 1 aliphatic rings. The lowest BCUT2D eigenvalue weighted by Crippen LogP contribution is -2.44. The summed E-state index contributed by atoms with van der Waals surface area (Å²) in [6.07, 6.45) is 0. The fourth-order valence-electron chi connectivity index (χ4n) is 3.79. The number of hydrogen-bond donors (Lipinski definition) is 1. The van der Waals surface area contributed by atoms with Gasteiger partial charge in [0.25, 0.3) is 5.91 Å². The van der Waals surface area contributed by atoms with Gasteiger partial charge in [0, 0.05) is 14.9 Å². The summed E-state index contributed by atoms with van der Waals surface area (Å²) < 4.78 is 0.909. The molecule has 0 saturated carbocycles. The van der Waals surface area contributed by atoms with Crippen LogP contribution < -0.4 is 0 Å². The molecule has 2 atom stereocenters. The molecule has 1 aliphatic heterocycles. The second-order valence-corrected chi connectivity index (χ2v) is 8.78. The number of aryl methyl sites for hydroxylation is 1. The van der Waals surface area contributed by atoms with Crippen molar-refractivity contribution in [2.24, 2.45) is 0 Å². The van der Waals surface area contributed by atoms with Crippen LogP contribution in [-0.4, -0.2) is 21.9 Å². The third-order valence-corrected chi connectivity index (χ3v) is 6.73. The van der Waals surface area contributed by atoms with Crippen LogP contribution in [0, 0.1) is 6.92 Å². The van der Waals surface area contributed by atoms with Gasteiger partial charge < -0.3 is 10.0 Å². The topological polar surface area (TPSA) is 57.6 Å². The number of halogens is 1. The van der Waals surface area contributed by atoms with Crippen molar-refractivity contribution in [2.75, 3.05) is 0 Å². The number of benzene rings is 2. The van der Waals surface area contributed by atoms with Crippen molar-refractivity contribution >= 4 is 39.1 Å². The summed E-state index contributed by atoms with van der Waals surface area (Å²) in [6, 6.07) is 16.0. The van der Waals surface area contributed by atoms with E-state index in [0.717, 1.165) is 20.5 Å². The molecule has 2 aromatic carbocycles. The van der Waals surface area contributed by atoms with E-state index in [0.29, 0.717) is 17.7 Å². The van der Waals surface area contributed by atoms with Crippen molar-refractivity contribution < 1.29 is 14.7 Å². The third-order valence-electron chi connectivity index (χ3n) is 5.20. The maximum absolute atomic E-state index is 13.4. The monoisotopic (exact) mass is 455 g/mol. The van der Waals surface area contributed by atoms with Crippen molar-refractivity contribution in [2.45, 2.75) is 25.4 Å². The van der Waals surface area contributed by atoms with Gasteiger partial charge in [-0.1, -0.05) is 46.3 Å². The van der Waals surface area contributed by atoms with Crippen LogP contribution >= 0.6 is 27.3 Å². The molecule has 0 saturated heterocycles. The number of carbonyl (C=O) groups is 2. The Morgan fingerprint density at radius 3 is 2.50 bits per heavy atom. The maximum Gasteiger partial charge on any atom is 0.313 e. The molecular formula is C22H18BrNO3S. The smallest absolute Gasteiger partial charge is 0.313 e. The Morgan fingerprint density at radius 1 is 1.14 bits per heavy atom. The van der Waals surface area contributed by atoms with Gasteiger partial charge in [0.05, 0.1) is 12.6 Å². The van der Waals surface area contributed by atoms with E-state index in [9.17, 15) is 14.7 Å². The number of thiophene rings is 1. The van der Waals surface area contributed by atoms with Crippen molar-refractivity contribution in [1.82, 2.24) is 4.90 Å². The summed E-state index contributed by atoms with van der Waals surface area (Å²) in [5, 5.41) is 12.1. The number of rotatable bonds is 4. The van der Waals surface area contributed by atoms with Gasteiger partial charge in [0.15, 0.2) is 0 Å². The summed E-state index contributed by atoms with van der Waals surface area (Å²) in [5.41, 5.74) is 2.97. The van der Waals surface area contributed by atoms with Gasteiger partial charge in [0.1, 0.15) is 5.92 Å². The van der Waals surface area contributed by atoms with E-state index in [1.165, 1.54) is 0 Å². The Labute approximate surface area is 175 Å². The Bertz CT molecular complexity index is 1040. The second kappa shape index (κ2) is 7.53. The van der Waals surface area contributed by atoms with Crippen LogP contribution in [0.15, 0.2) is 64.5 Å². The Morgan fingerprint density at radius 2 is 1.86 bits per heavy atom. The highest BCUT2D eigenvalue weighted by Crippen LogP contribution is 2.44. The average molecular weight is 456 g/mol. The molecular weight excluding hydrogens is 438 g/mol. The van der Waals surface area contributed by atoms with Crippen LogP contribution in [0.25, 0.3) is 0 Å². The van der Waals surface area contributed by atoms with E-state index in [4.69, 9.17) is 0 Å². The van der Waals surface area contributed by atoms with Crippen LogP contribution in [0.4, 0.5) is 0 Å². The molecule has 4 rings (SSSR count). The fraction of sp³-hybridized carbons (Fsp3) is 0.182. The lowest BCUT2D eigenvalue weighted by Gasteiger charge is -2.40. The molecule has 2 unspecified atom stereocenters. The first-order valence-electron chi connectivity index (χ1n) is 8.88. The first kappa shape index (κ1) is 18.9. The lowest BCUT2D eigenvalue weighted by molar-refractivity contribution is -0.140.